The van der Waals surface area contributed by atoms with Crippen molar-refractivity contribution >= 4 is 27.3 Å². The monoisotopic (exact) mass is 269 g/mol. The van der Waals surface area contributed by atoms with E-state index in [2.05, 4.69) is 14.7 Å². The molecule has 0 spiro atoms. The average molecular weight is 269 g/mol. The van der Waals surface area contributed by atoms with Gasteiger partial charge in [-0.1, -0.05) is 0 Å². The Kier molecular flexibility index (Phi) is 3.12. The molecular weight excluding hydrogens is 258 g/mol. The Labute approximate surface area is 104 Å². The molecule has 0 aromatic carbocycles. The van der Waals surface area contributed by atoms with Crippen molar-refractivity contribution < 1.29 is 8.42 Å². The minimum absolute atomic E-state index is 0.0794. The van der Waals surface area contributed by atoms with Crippen LogP contribution in [-0.4, -0.2) is 18.4 Å². The minimum atomic E-state index is -3.59. The van der Waals surface area contributed by atoms with Crippen LogP contribution in [-0.2, 0) is 10.0 Å². The van der Waals surface area contributed by atoms with E-state index < -0.39 is 10.0 Å². The SMILES string of the molecule is Cc1cc(S(=O)(=O)Nc2ncccn2)c(C)s1. The lowest BCUT2D eigenvalue weighted by Gasteiger charge is -2.04. The van der Waals surface area contributed by atoms with Crippen LogP contribution in [0.2, 0.25) is 0 Å². The van der Waals surface area contributed by atoms with Crippen LogP contribution in [0.5, 0.6) is 0 Å². The van der Waals surface area contributed by atoms with E-state index in [1.807, 2.05) is 6.92 Å². The molecule has 0 atom stereocenters. The molecule has 2 rings (SSSR count). The fraction of sp³-hybridized carbons (Fsp3) is 0.200. The van der Waals surface area contributed by atoms with Crippen LogP contribution < -0.4 is 4.72 Å². The highest BCUT2D eigenvalue weighted by Crippen LogP contribution is 2.25. The maximum atomic E-state index is 12.1. The van der Waals surface area contributed by atoms with Gasteiger partial charge in [-0.25, -0.2) is 23.1 Å². The summed E-state index contributed by atoms with van der Waals surface area (Å²) in [7, 11) is -3.59. The number of rotatable bonds is 3. The largest absolute Gasteiger partial charge is 0.265 e. The molecule has 0 amide bonds. The van der Waals surface area contributed by atoms with Gasteiger partial charge >= 0.3 is 0 Å². The molecule has 0 aliphatic heterocycles. The highest BCUT2D eigenvalue weighted by Gasteiger charge is 2.19. The van der Waals surface area contributed by atoms with Gasteiger partial charge in [0.1, 0.15) is 4.90 Å². The fourth-order valence-corrected chi connectivity index (χ4v) is 3.92. The first kappa shape index (κ1) is 12.0. The Morgan fingerprint density at radius 3 is 2.41 bits per heavy atom. The number of sulfonamides is 1. The van der Waals surface area contributed by atoms with Crippen molar-refractivity contribution in [2.75, 3.05) is 4.72 Å². The van der Waals surface area contributed by atoms with Crippen LogP contribution in [0.15, 0.2) is 29.4 Å². The summed E-state index contributed by atoms with van der Waals surface area (Å²) in [6.07, 6.45) is 2.97. The molecule has 0 unspecified atom stereocenters. The molecule has 17 heavy (non-hydrogen) atoms. The van der Waals surface area contributed by atoms with Crippen LogP contribution in [0.1, 0.15) is 9.75 Å². The zero-order chi connectivity index (χ0) is 12.5. The third kappa shape index (κ3) is 2.62. The summed E-state index contributed by atoms with van der Waals surface area (Å²) in [6.45, 7) is 3.65. The topological polar surface area (TPSA) is 72.0 Å². The molecule has 7 heteroatoms. The second-order valence-electron chi connectivity index (χ2n) is 3.46. The number of aromatic nitrogens is 2. The molecule has 0 bridgehead atoms. The van der Waals surface area contributed by atoms with Gasteiger partial charge in [0, 0.05) is 22.1 Å². The summed E-state index contributed by atoms with van der Waals surface area (Å²) in [5.41, 5.74) is 0. The minimum Gasteiger partial charge on any atom is -0.247 e. The highest BCUT2D eigenvalue weighted by molar-refractivity contribution is 7.92. The van der Waals surface area contributed by atoms with Gasteiger partial charge in [-0.2, -0.15) is 0 Å². The third-order valence-electron chi connectivity index (χ3n) is 2.08. The zero-order valence-electron chi connectivity index (χ0n) is 9.34. The molecule has 5 nitrogen and oxygen atoms in total. The van der Waals surface area contributed by atoms with Crippen molar-refractivity contribution in [2.45, 2.75) is 18.7 Å². The average Bonchev–Trinajstić information content (AvgIpc) is 2.59. The van der Waals surface area contributed by atoms with Gasteiger partial charge in [0.05, 0.1) is 0 Å². The maximum Gasteiger partial charge on any atom is 0.265 e. The lowest BCUT2D eigenvalue weighted by atomic mass is 10.4. The second-order valence-corrected chi connectivity index (χ2v) is 6.57. The van der Waals surface area contributed by atoms with E-state index in [0.717, 1.165) is 9.75 Å². The number of anilines is 1. The molecule has 0 radical (unpaired) electrons. The molecule has 2 aromatic rings. The lowest BCUT2D eigenvalue weighted by molar-refractivity contribution is 0.600. The molecule has 2 aromatic heterocycles. The number of hydrogen-bond acceptors (Lipinski definition) is 5. The summed E-state index contributed by atoms with van der Waals surface area (Å²) in [6, 6.07) is 3.27. The van der Waals surface area contributed by atoms with Crippen LogP contribution in [0, 0.1) is 13.8 Å². The molecule has 0 aliphatic rings. The Bertz CT molecular complexity index is 620. The summed E-state index contributed by atoms with van der Waals surface area (Å²) in [4.78, 5) is 9.65. The summed E-state index contributed by atoms with van der Waals surface area (Å²) < 4.78 is 26.4. The normalized spacial score (nSPS) is 11.4. The van der Waals surface area contributed by atoms with Gasteiger partial charge in [-0.3, -0.25) is 0 Å². The highest BCUT2D eigenvalue weighted by atomic mass is 32.2. The van der Waals surface area contributed by atoms with Crippen molar-refractivity contribution in [3.8, 4) is 0 Å². The summed E-state index contributed by atoms with van der Waals surface area (Å²) in [5, 5.41) is 0. The van der Waals surface area contributed by atoms with Crippen molar-refractivity contribution in [2.24, 2.45) is 0 Å². The van der Waals surface area contributed by atoms with Crippen LogP contribution in [0.25, 0.3) is 0 Å². The van der Waals surface area contributed by atoms with Crippen LogP contribution >= 0.6 is 11.3 Å². The standard InChI is InChI=1S/C10H11N3O2S2/c1-7-6-9(8(2)16-7)17(14,15)13-10-11-4-3-5-12-10/h3-6H,1-2H3,(H,11,12,13). The van der Waals surface area contributed by atoms with Gasteiger partial charge in [0.2, 0.25) is 5.95 Å². The first-order valence-electron chi connectivity index (χ1n) is 4.86. The van der Waals surface area contributed by atoms with Gasteiger partial charge in [-0.15, -0.1) is 11.3 Å². The van der Waals surface area contributed by atoms with E-state index in [4.69, 9.17) is 0 Å². The predicted molar refractivity (Wildman–Crippen MR) is 66.6 cm³/mol. The van der Waals surface area contributed by atoms with E-state index in [1.165, 1.54) is 23.7 Å². The maximum absolute atomic E-state index is 12.1. The summed E-state index contributed by atoms with van der Waals surface area (Å²) >= 11 is 1.45. The molecule has 0 aliphatic carbocycles. The Morgan fingerprint density at radius 2 is 1.88 bits per heavy atom. The molecule has 0 fully saturated rings. The second kappa shape index (κ2) is 4.42. The fourth-order valence-electron chi connectivity index (χ4n) is 1.40. The van der Waals surface area contributed by atoms with Gasteiger partial charge in [-0.05, 0) is 26.0 Å². The molecule has 1 N–H and O–H groups in total. The van der Waals surface area contributed by atoms with Crippen molar-refractivity contribution in [3.05, 3.63) is 34.3 Å². The first-order valence-corrected chi connectivity index (χ1v) is 7.16. The molecule has 0 saturated carbocycles. The van der Waals surface area contributed by atoms with Crippen molar-refractivity contribution in [3.63, 3.8) is 0 Å². The van der Waals surface area contributed by atoms with Crippen molar-refractivity contribution in [1.82, 2.24) is 9.97 Å². The quantitative estimate of drug-likeness (QED) is 0.924. The van der Waals surface area contributed by atoms with Gasteiger partial charge in [0.15, 0.2) is 0 Å². The molecular formula is C10H11N3O2S2. The predicted octanol–water partition coefficient (Wildman–Crippen LogP) is 1.96. The lowest BCUT2D eigenvalue weighted by Crippen LogP contribution is -2.14. The number of nitrogens with one attached hydrogen (secondary N) is 1. The van der Waals surface area contributed by atoms with Crippen molar-refractivity contribution in [1.29, 1.82) is 0 Å². The molecule has 0 saturated heterocycles. The van der Waals surface area contributed by atoms with Crippen LogP contribution in [0.3, 0.4) is 0 Å². The van der Waals surface area contributed by atoms with Gasteiger partial charge < -0.3 is 0 Å². The zero-order valence-corrected chi connectivity index (χ0v) is 11.0. The number of hydrogen-bond donors (Lipinski definition) is 1. The molecule has 90 valence electrons. The Balaban J connectivity index is 2.35. The van der Waals surface area contributed by atoms with E-state index >= 15 is 0 Å². The van der Waals surface area contributed by atoms with E-state index in [1.54, 1.807) is 19.1 Å². The van der Waals surface area contributed by atoms with E-state index in [-0.39, 0.29) is 10.8 Å². The van der Waals surface area contributed by atoms with Crippen LogP contribution in [0.4, 0.5) is 5.95 Å². The van der Waals surface area contributed by atoms with Gasteiger partial charge in [0.25, 0.3) is 10.0 Å². The number of nitrogens with zero attached hydrogens (tertiary/aromatic N) is 2. The third-order valence-corrected chi connectivity index (χ3v) is 4.63. The first-order chi connectivity index (χ1) is 7.99. The Morgan fingerprint density at radius 1 is 1.24 bits per heavy atom. The summed E-state index contributed by atoms with van der Waals surface area (Å²) in [5.74, 6) is 0.0794. The Hall–Kier alpha value is -1.47. The molecule has 2 heterocycles. The number of thiophene rings is 1. The van der Waals surface area contributed by atoms with E-state index in [9.17, 15) is 8.42 Å². The smallest absolute Gasteiger partial charge is 0.247 e. The van der Waals surface area contributed by atoms with E-state index in [0.29, 0.717) is 0 Å². The number of aryl methyl sites for hydroxylation is 2.